The second-order valence-corrected chi connectivity index (χ2v) is 4.66. The van der Waals surface area contributed by atoms with Gasteiger partial charge in [-0.3, -0.25) is 9.59 Å². The first kappa shape index (κ1) is 13.0. The third-order valence-electron chi connectivity index (χ3n) is 2.80. The average Bonchev–Trinajstić information content (AvgIpc) is 2.63. The second kappa shape index (κ2) is 5.30. The number of hydrogen-bond donors (Lipinski definition) is 1. The Kier molecular flexibility index (Phi) is 4.29. The van der Waals surface area contributed by atoms with Gasteiger partial charge >= 0.3 is 0 Å². The molecule has 1 aliphatic heterocycles. The van der Waals surface area contributed by atoms with Gasteiger partial charge < -0.3 is 15.5 Å². The molecule has 5 heteroatoms. The van der Waals surface area contributed by atoms with E-state index in [1.54, 1.807) is 30.8 Å². The highest BCUT2D eigenvalue weighted by Crippen LogP contribution is 2.19. The molecule has 0 bridgehead atoms. The van der Waals surface area contributed by atoms with Crippen molar-refractivity contribution in [3.8, 4) is 0 Å². The maximum Gasteiger partial charge on any atom is 0.244 e. The third kappa shape index (κ3) is 2.95. The molecule has 2 unspecified atom stereocenters. The van der Waals surface area contributed by atoms with Crippen molar-refractivity contribution in [3.05, 3.63) is 0 Å². The minimum Gasteiger partial charge on any atom is -0.347 e. The Balaban J connectivity index is 2.65. The molecule has 2 atom stereocenters. The van der Waals surface area contributed by atoms with Crippen LogP contribution in [0.25, 0.3) is 0 Å². The Hall–Kier alpha value is -1.10. The molecule has 0 spiro atoms. The zero-order chi connectivity index (χ0) is 12.3. The number of carbonyl (C=O) groups is 2. The van der Waals surface area contributed by atoms with E-state index in [0.29, 0.717) is 13.0 Å². The van der Waals surface area contributed by atoms with Gasteiger partial charge in [-0.1, -0.05) is 0 Å². The van der Waals surface area contributed by atoms with Crippen LogP contribution in [0.3, 0.4) is 0 Å². The van der Waals surface area contributed by atoms with Crippen LogP contribution >= 0.6 is 0 Å². The lowest BCUT2D eigenvalue weighted by Gasteiger charge is -2.26. The van der Waals surface area contributed by atoms with Gasteiger partial charge in [0.25, 0.3) is 0 Å². The predicted molar refractivity (Wildman–Crippen MR) is 61.7 cm³/mol. The van der Waals surface area contributed by atoms with Crippen LogP contribution in [0.4, 0.5) is 0 Å². The van der Waals surface area contributed by atoms with Crippen LogP contribution in [0.5, 0.6) is 0 Å². The van der Waals surface area contributed by atoms with E-state index in [1.807, 2.05) is 0 Å². The van der Waals surface area contributed by atoms with Gasteiger partial charge in [-0.25, -0.2) is 0 Å². The molecule has 1 rings (SSSR count). The van der Waals surface area contributed by atoms with Crippen LogP contribution in [-0.4, -0.2) is 54.3 Å². The highest BCUT2D eigenvalue weighted by molar-refractivity contribution is 5.88. The monoisotopic (exact) mass is 227 g/mol. The van der Waals surface area contributed by atoms with Crippen LogP contribution in [0.15, 0.2) is 0 Å². The summed E-state index contributed by atoms with van der Waals surface area (Å²) < 4.78 is 0. The van der Waals surface area contributed by atoms with Gasteiger partial charge in [0.05, 0.1) is 0 Å². The first-order valence-electron chi connectivity index (χ1n) is 5.69. The molecular formula is C11H21N3O2. The van der Waals surface area contributed by atoms with Crippen molar-refractivity contribution in [3.63, 3.8) is 0 Å². The summed E-state index contributed by atoms with van der Waals surface area (Å²) in [4.78, 5) is 26.9. The minimum absolute atomic E-state index is 0.00676. The molecule has 92 valence electrons. The summed E-state index contributed by atoms with van der Waals surface area (Å²) in [5.41, 5.74) is 5.60. The standard InChI is InChI=1S/C11H21N3O2/c1-8(12)7-10(15)14-6-4-5-9(14)11(16)13(2)3/h8-9H,4-7,12H2,1-3H3. The summed E-state index contributed by atoms with van der Waals surface area (Å²) in [5, 5.41) is 0. The molecule has 0 aromatic carbocycles. The Labute approximate surface area is 96.6 Å². The fraction of sp³-hybridized carbons (Fsp3) is 0.818. The van der Waals surface area contributed by atoms with Gasteiger partial charge in [-0.2, -0.15) is 0 Å². The molecule has 0 aliphatic carbocycles. The largest absolute Gasteiger partial charge is 0.347 e. The average molecular weight is 227 g/mol. The Morgan fingerprint density at radius 1 is 1.50 bits per heavy atom. The predicted octanol–water partition coefficient (Wildman–Crippen LogP) is -0.197. The third-order valence-corrected chi connectivity index (χ3v) is 2.80. The molecule has 5 nitrogen and oxygen atoms in total. The first-order chi connectivity index (χ1) is 7.43. The SMILES string of the molecule is CC(N)CC(=O)N1CCCC1C(=O)N(C)C. The van der Waals surface area contributed by atoms with Gasteiger partial charge in [-0.15, -0.1) is 0 Å². The Morgan fingerprint density at radius 3 is 2.62 bits per heavy atom. The normalized spacial score (nSPS) is 22.0. The van der Waals surface area contributed by atoms with Crippen molar-refractivity contribution < 1.29 is 9.59 Å². The van der Waals surface area contributed by atoms with Crippen molar-refractivity contribution in [2.75, 3.05) is 20.6 Å². The number of likely N-dealkylation sites (tertiary alicyclic amines) is 1. The Bertz CT molecular complexity index is 276. The van der Waals surface area contributed by atoms with Gasteiger partial charge in [0.15, 0.2) is 0 Å². The lowest BCUT2D eigenvalue weighted by Crippen LogP contribution is -2.46. The quantitative estimate of drug-likeness (QED) is 0.726. The van der Waals surface area contributed by atoms with E-state index >= 15 is 0 Å². The molecule has 1 heterocycles. The summed E-state index contributed by atoms with van der Waals surface area (Å²) in [6.07, 6.45) is 1.98. The molecule has 1 saturated heterocycles. The molecule has 0 aromatic heterocycles. The molecule has 16 heavy (non-hydrogen) atoms. The van der Waals surface area contributed by atoms with E-state index in [0.717, 1.165) is 12.8 Å². The lowest BCUT2D eigenvalue weighted by atomic mass is 10.1. The van der Waals surface area contributed by atoms with Crippen LogP contribution in [-0.2, 0) is 9.59 Å². The van der Waals surface area contributed by atoms with Gasteiger partial charge in [0.1, 0.15) is 6.04 Å². The second-order valence-electron chi connectivity index (χ2n) is 4.66. The summed E-state index contributed by atoms with van der Waals surface area (Å²) >= 11 is 0. The molecule has 2 amide bonds. The maximum absolute atomic E-state index is 11.9. The van der Waals surface area contributed by atoms with Crippen molar-refractivity contribution in [2.45, 2.75) is 38.3 Å². The van der Waals surface area contributed by atoms with E-state index in [4.69, 9.17) is 5.73 Å². The minimum atomic E-state index is -0.277. The van der Waals surface area contributed by atoms with Gasteiger partial charge in [0.2, 0.25) is 11.8 Å². The summed E-state index contributed by atoms with van der Waals surface area (Å²) in [5.74, 6) is 0.00299. The maximum atomic E-state index is 11.9. The van der Waals surface area contributed by atoms with E-state index in [-0.39, 0.29) is 23.9 Å². The van der Waals surface area contributed by atoms with E-state index in [9.17, 15) is 9.59 Å². The molecular weight excluding hydrogens is 206 g/mol. The molecule has 0 radical (unpaired) electrons. The van der Waals surface area contributed by atoms with Crippen LogP contribution < -0.4 is 5.73 Å². The van der Waals surface area contributed by atoms with Crippen LogP contribution in [0.1, 0.15) is 26.2 Å². The van der Waals surface area contributed by atoms with E-state index < -0.39 is 0 Å². The number of rotatable bonds is 3. The fourth-order valence-corrected chi connectivity index (χ4v) is 2.01. The smallest absolute Gasteiger partial charge is 0.244 e. The lowest BCUT2D eigenvalue weighted by molar-refractivity contribution is -0.142. The highest BCUT2D eigenvalue weighted by Gasteiger charge is 2.34. The topological polar surface area (TPSA) is 66.6 Å². The summed E-state index contributed by atoms with van der Waals surface area (Å²) in [6, 6.07) is -0.426. The van der Waals surface area contributed by atoms with Crippen molar-refractivity contribution in [2.24, 2.45) is 5.73 Å². The van der Waals surface area contributed by atoms with Crippen LogP contribution in [0.2, 0.25) is 0 Å². The number of nitrogens with two attached hydrogens (primary N) is 1. The summed E-state index contributed by atoms with van der Waals surface area (Å²) in [7, 11) is 3.43. The van der Waals surface area contributed by atoms with Crippen LogP contribution in [0, 0.1) is 0 Å². The molecule has 0 saturated carbocycles. The first-order valence-corrected chi connectivity index (χ1v) is 5.69. The van der Waals surface area contributed by atoms with Gasteiger partial charge in [0, 0.05) is 33.1 Å². The van der Waals surface area contributed by atoms with Crippen molar-refractivity contribution in [1.82, 2.24) is 9.80 Å². The zero-order valence-corrected chi connectivity index (χ0v) is 10.3. The molecule has 1 aliphatic rings. The molecule has 0 aromatic rings. The zero-order valence-electron chi connectivity index (χ0n) is 10.3. The van der Waals surface area contributed by atoms with Gasteiger partial charge in [-0.05, 0) is 19.8 Å². The fourth-order valence-electron chi connectivity index (χ4n) is 2.01. The number of nitrogens with zero attached hydrogens (tertiary/aromatic N) is 2. The molecule has 1 fully saturated rings. The number of carbonyl (C=O) groups excluding carboxylic acids is 2. The van der Waals surface area contributed by atoms with E-state index in [1.165, 1.54) is 0 Å². The summed E-state index contributed by atoms with van der Waals surface area (Å²) in [6.45, 7) is 2.48. The molecule has 2 N–H and O–H groups in total. The number of likely N-dealkylation sites (N-methyl/N-ethyl adjacent to an activating group) is 1. The van der Waals surface area contributed by atoms with E-state index in [2.05, 4.69) is 0 Å². The number of hydrogen-bond acceptors (Lipinski definition) is 3. The Morgan fingerprint density at radius 2 is 2.12 bits per heavy atom. The highest BCUT2D eigenvalue weighted by atomic mass is 16.2. The number of amides is 2. The van der Waals surface area contributed by atoms with Crippen molar-refractivity contribution in [1.29, 1.82) is 0 Å². The van der Waals surface area contributed by atoms with Crippen molar-refractivity contribution >= 4 is 11.8 Å².